The zero-order chi connectivity index (χ0) is 57.2. The smallest absolute Gasteiger partial charge is 0.456 e. The van der Waals surface area contributed by atoms with Crippen LogP contribution in [0.2, 0.25) is 0 Å². The van der Waals surface area contributed by atoms with Gasteiger partial charge in [-0.1, -0.05) is 302 Å². The number of likely N-dealkylation sites (N-methyl/N-ethyl adjacent to an activating group) is 1. The fourth-order valence-electron chi connectivity index (χ4n) is 10.4. The largest absolute Gasteiger partial charge is 0.472 e. The van der Waals surface area contributed by atoms with E-state index in [-0.39, 0.29) is 25.1 Å². The van der Waals surface area contributed by atoms with E-state index in [4.69, 9.17) is 13.8 Å². The standard InChI is InChI=1S/C68H133N2O7P/c1-7-10-13-16-19-22-25-27-29-30-31-32-33-34-35-36-37-38-39-40-41-43-46-49-52-55-58-61-68(72)77-66(59-56-53-50-47-44-24-21-18-15-12-9-3)65(64-76-78(73,74)75-63-62-70(4,5)6)69-67(71)60-57-54-51-48-45-42-28-26-23-20-17-14-11-8-2/h27,29,56,59,65-66H,7-26,28,30-55,57-58,60-64H2,1-6H3,(H-,69,71,73,74)/p+1/b29-27+,59-56-. The average Bonchev–Trinajstić information content (AvgIpc) is 3.40. The summed E-state index contributed by atoms with van der Waals surface area (Å²) in [4.78, 5) is 37.7. The van der Waals surface area contributed by atoms with E-state index in [1.54, 1.807) is 0 Å². The van der Waals surface area contributed by atoms with Crippen LogP contribution < -0.4 is 5.32 Å². The van der Waals surface area contributed by atoms with E-state index in [2.05, 4.69) is 38.2 Å². The third-order valence-corrected chi connectivity index (χ3v) is 16.6. The molecule has 3 atom stereocenters. The number of quaternary nitrogens is 1. The molecule has 10 heteroatoms. The summed E-state index contributed by atoms with van der Waals surface area (Å²) in [5.74, 6) is -0.485. The summed E-state index contributed by atoms with van der Waals surface area (Å²) in [7, 11) is 1.52. The first-order valence-corrected chi connectivity index (χ1v) is 35.7. The van der Waals surface area contributed by atoms with Crippen LogP contribution in [0.4, 0.5) is 0 Å². The van der Waals surface area contributed by atoms with Crippen LogP contribution in [0, 0.1) is 0 Å². The molecule has 78 heavy (non-hydrogen) atoms. The minimum absolute atomic E-state index is 0.0446. The molecule has 2 N–H and O–H groups in total. The number of nitrogens with zero attached hydrogens (tertiary/aromatic N) is 1. The minimum atomic E-state index is -4.44. The Morgan fingerprint density at radius 3 is 1.09 bits per heavy atom. The molecule has 0 radical (unpaired) electrons. The summed E-state index contributed by atoms with van der Waals surface area (Å²) in [6, 6.07) is -0.841. The number of carbonyl (C=O) groups is 2. The summed E-state index contributed by atoms with van der Waals surface area (Å²) in [5.41, 5.74) is 0. The monoisotopic (exact) mass is 1120 g/mol. The lowest BCUT2D eigenvalue weighted by atomic mass is 10.0. The summed E-state index contributed by atoms with van der Waals surface area (Å²) >= 11 is 0. The summed E-state index contributed by atoms with van der Waals surface area (Å²) < 4.78 is 30.7. The van der Waals surface area contributed by atoms with Crippen LogP contribution in [0.15, 0.2) is 24.3 Å². The lowest BCUT2D eigenvalue weighted by Crippen LogP contribution is -2.47. The number of phosphoric ester groups is 1. The third kappa shape index (κ3) is 59.1. The van der Waals surface area contributed by atoms with E-state index in [0.29, 0.717) is 23.9 Å². The van der Waals surface area contributed by atoms with Crippen LogP contribution in [0.25, 0.3) is 0 Å². The van der Waals surface area contributed by atoms with Gasteiger partial charge in [0.25, 0.3) is 0 Å². The number of carbonyl (C=O) groups excluding carboxylic acids is 2. The van der Waals surface area contributed by atoms with Crippen molar-refractivity contribution < 1.29 is 37.3 Å². The van der Waals surface area contributed by atoms with Gasteiger partial charge in [-0.15, -0.1) is 0 Å². The molecule has 0 aliphatic rings. The van der Waals surface area contributed by atoms with E-state index in [9.17, 15) is 19.0 Å². The Hall–Kier alpha value is -1.51. The van der Waals surface area contributed by atoms with Gasteiger partial charge in [0.1, 0.15) is 19.3 Å². The van der Waals surface area contributed by atoms with E-state index in [0.717, 1.165) is 57.8 Å². The van der Waals surface area contributed by atoms with Gasteiger partial charge in [-0.3, -0.25) is 18.6 Å². The quantitative estimate of drug-likeness (QED) is 0.0205. The first-order valence-electron chi connectivity index (χ1n) is 34.2. The van der Waals surface area contributed by atoms with Crippen LogP contribution in [0.1, 0.15) is 348 Å². The predicted octanol–water partition coefficient (Wildman–Crippen LogP) is 21.3. The minimum Gasteiger partial charge on any atom is -0.456 e. The van der Waals surface area contributed by atoms with Crippen molar-refractivity contribution in [3.8, 4) is 0 Å². The summed E-state index contributed by atoms with van der Waals surface area (Å²) in [6.07, 6.45) is 70.5. The Balaban J connectivity index is 4.93. The van der Waals surface area contributed by atoms with Gasteiger partial charge < -0.3 is 19.4 Å². The van der Waals surface area contributed by atoms with Crippen molar-refractivity contribution in [1.29, 1.82) is 0 Å². The highest BCUT2D eigenvalue weighted by molar-refractivity contribution is 7.47. The molecule has 0 saturated heterocycles. The highest BCUT2D eigenvalue weighted by Crippen LogP contribution is 2.43. The molecule has 3 unspecified atom stereocenters. The number of hydrogen-bond donors (Lipinski definition) is 2. The Labute approximate surface area is 485 Å². The number of rotatable bonds is 63. The van der Waals surface area contributed by atoms with Crippen LogP contribution in [-0.2, 0) is 27.9 Å². The van der Waals surface area contributed by atoms with Crippen molar-refractivity contribution >= 4 is 19.7 Å². The van der Waals surface area contributed by atoms with Crippen molar-refractivity contribution in [2.24, 2.45) is 0 Å². The molecular formula is C68H134N2O7P+. The van der Waals surface area contributed by atoms with E-state index in [1.807, 2.05) is 33.3 Å². The van der Waals surface area contributed by atoms with Crippen molar-refractivity contribution in [3.05, 3.63) is 24.3 Å². The molecule has 0 fully saturated rings. The van der Waals surface area contributed by atoms with E-state index in [1.165, 1.54) is 257 Å². The van der Waals surface area contributed by atoms with Gasteiger partial charge in [-0.05, 0) is 57.4 Å². The Bertz CT molecular complexity index is 1380. The van der Waals surface area contributed by atoms with E-state index >= 15 is 0 Å². The van der Waals surface area contributed by atoms with Gasteiger partial charge in [0.05, 0.1) is 33.8 Å². The molecular weight excluding hydrogens is 988 g/mol. The maximum Gasteiger partial charge on any atom is 0.472 e. The van der Waals surface area contributed by atoms with Gasteiger partial charge in [-0.2, -0.15) is 0 Å². The number of unbranched alkanes of at least 4 members (excludes halogenated alkanes) is 45. The second-order valence-electron chi connectivity index (χ2n) is 24.7. The molecule has 1 amide bonds. The van der Waals surface area contributed by atoms with Crippen LogP contribution in [-0.4, -0.2) is 74.3 Å². The highest BCUT2D eigenvalue weighted by Gasteiger charge is 2.30. The normalized spacial score (nSPS) is 13.7. The molecule has 0 aromatic heterocycles. The van der Waals surface area contributed by atoms with Crippen molar-refractivity contribution in [2.75, 3.05) is 40.9 Å². The van der Waals surface area contributed by atoms with Crippen LogP contribution in [0.3, 0.4) is 0 Å². The van der Waals surface area contributed by atoms with Crippen LogP contribution in [0.5, 0.6) is 0 Å². The maximum absolute atomic E-state index is 13.5. The number of esters is 1. The topological polar surface area (TPSA) is 111 Å². The molecule has 0 aliphatic carbocycles. The van der Waals surface area contributed by atoms with Gasteiger partial charge >= 0.3 is 13.8 Å². The number of ether oxygens (including phenoxy) is 1. The fraction of sp³-hybridized carbons (Fsp3) is 0.912. The van der Waals surface area contributed by atoms with E-state index < -0.39 is 20.0 Å². The molecule has 9 nitrogen and oxygen atoms in total. The second kappa shape index (κ2) is 58.7. The van der Waals surface area contributed by atoms with Crippen molar-refractivity contribution in [3.63, 3.8) is 0 Å². The van der Waals surface area contributed by atoms with Crippen molar-refractivity contribution in [1.82, 2.24) is 5.32 Å². The maximum atomic E-state index is 13.5. The third-order valence-electron chi connectivity index (χ3n) is 15.6. The zero-order valence-electron chi connectivity index (χ0n) is 52.9. The Morgan fingerprint density at radius 1 is 0.436 bits per heavy atom. The average molecular weight is 1120 g/mol. The summed E-state index contributed by atoms with van der Waals surface area (Å²) in [6.45, 7) is 7.06. The summed E-state index contributed by atoms with van der Waals surface area (Å²) in [5, 5.41) is 3.06. The molecule has 462 valence electrons. The number of nitrogens with one attached hydrogen (secondary N) is 1. The highest BCUT2D eigenvalue weighted by atomic mass is 31.2. The molecule has 0 saturated carbocycles. The van der Waals surface area contributed by atoms with Gasteiger partial charge in [0, 0.05) is 12.8 Å². The lowest BCUT2D eigenvalue weighted by Gasteiger charge is -2.27. The molecule has 0 aromatic rings. The first kappa shape index (κ1) is 76.5. The van der Waals surface area contributed by atoms with Gasteiger partial charge in [0.2, 0.25) is 5.91 Å². The molecule has 0 bridgehead atoms. The Morgan fingerprint density at radius 2 is 0.744 bits per heavy atom. The fourth-order valence-corrected chi connectivity index (χ4v) is 11.1. The SMILES string of the molecule is CCCCCCCC/C=C/CCCCCCCCCCCCCCCCCCCC(=O)OC(/C=C\CCCCCCCCCCC)C(COP(=O)(O)OCC[N+](C)(C)C)NC(=O)CCCCCCCCCCCCCCCC. The van der Waals surface area contributed by atoms with Crippen molar-refractivity contribution in [2.45, 2.75) is 360 Å². The first-order chi connectivity index (χ1) is 37.9. The Kier molecular flexibility index (Phi) is 57.5. The number of allylic oxidation sites excluding steroid dienone is 3. The molecule has 0 rings (SSSR count). The molecule has 0 aliphatic heterocycles. The lowest BCUT2D eigenvalue weighted by molar-refractivity contribution is -0.870. The second-order valence-corrected chi connectivity index (χ2v) is 26.2. The van der Waals surface area contributed by atoms with Crippen LogP contribution >= 0.6 is 7.82 Å². The molecule has 0 spiro atoms. The molecule has 0 heterocycles. The van der Waals surface area contributed by atoms with Gasteiger partial charge in [0.15, 0.2) is 0 Å². The predicted molar refractivity (Wildman–Crippen MR) is 337 cm³/mol. The number of phosphoric acid groups is 1. The van der Waals surface area contributed by atoms with Gasteiger partial charge in [-0.25, -0.2) is 4.57 Å². The number of amides is 1. The number of hydrogen-bond acceptors (Lipinski definition) is 6. The molecule has 0 aromatic carbocycles. The zero-order valence-corrected chi connectivity index (χ0v) is 53.8.